The van der Waals surface area contributed by atoms with Gasteiger partial charge in [-0.3, -0.25) is 4.98 Å². The molecular formula is C13H21BrN2. The van der Waals surface area contributed by atoms with Gasteiger partial charge >= 0.3 is 0 Å². The largest absolute Gasteiger partial charge is 0.316 e. The van der Waals surface area contributed by atoms with Gasteiger partial charge in [0, 0.05) is 23.4 Å². The average Bonchev–Trinajstić information content (AvgIpc) is 2.17. The van der Waals surface area contributed by atoms with Gasteiger partial charge in [0.15, 0.2) is 0 Å². The molecule has 0 aliphatic heterocycles. The van der Waals surface area contributed by atoms with Gasteiger partial charge in [0.2, 0.25) is 0 Å². The van der Waals surface area contributed by atoms with Gasteiger partial charge in [0.1, 0.15) is 0 Å². The fourth-order valence-electron chi connectivity index (χ4n) is 1.77. The van der Waals surface area contributed by atoms with Crippen molar-refractivity contribution >= 4 is 15.9 Å². The van der Waals surface area contributed by atoms with Crippen molar-refractivity contribution in [3.63, 3.8) is 0 Å². The van der Waals surface area contributed by atoms with Crippen molar-refractivity contribution in [2.45, 2.75) is 33.6 Å². The summed E-state index contributed by atoms with van der Waals surface area (Å²) in [6.45, 7) is 8.92. The number of aromatic nitrogens is 1. The Kier molecular flexibility index (Phi) is 5.42. The summed E-state index contributed by atoms with van der Waals surface area (Å²) in [6, 6.07) is 2.15. The minimum absolute atomic E-state index is 0.275. The maximum absolute atomic E-state index is 4.20. The van der Waals surface area contributed by atoms with Crippen LogP contribution in [0.5, 0.6) is 0 Å². The van der Waals surface area contributed by atoms with Gasteiger partial charge in [0.25, 0.3) is 0 Å². The normalized spacial score (nSPS) is 11.8. The van der Waals surface area contributed by atoms with Gasteiger partial charge in [-0.05, 0) is 52.4 Å². The van der Waals surface area contributed by atoms with Crippen molar-refractivity contribution in [2.24, 2.45) is 5.41 Å². The molecular weight excluding hydrogens is 264 g/mol. The van der Waals surface area contributed by atoms with Crippen LogP contribution in [0.2, 0.25) is 0 Å². The fraction of sp³-hybridized carbons (Fsp3) is 0.615. The van der Waals surface area contributed by atoms with Crippen LogP contribution < -0.4 is 5.32 Å². The van der Waals surface area contributed by atoms with Gasteiger partial charge in [-0.1, -0.05) is 20.8 Å². The molecule has 2 nitrogen and oxygen atoms in total. The van der Waals surface area contributed by atoms with E-state index in [-0.39, 0.29) is 5.41 Å². The first-order chi connectivity index (χ1) is 7.53. The number of halogens is 1. The monoisotopic (exact) mass is 284 g/mol. The second kappa shape index (κ2) is 6.36. The predicted octanol–water partition coefficient (Wildman–Crippen LogP) is 3.41. The third-order valence-corrected chi connectivity index (χ3v) is 2.91. The first-order valence-electron chi connectivity index (χ1n) is 5.83. The Morgan fingerprint density at radius 2 is 2.12 bits per heavy atom. The second-order valence-electron chi connectivity index (χ2n) is 5.03. The van der Waals surface area contributed by atoms with E-state index in [0.717, 1.165) is 24.0 Å². The zero-order valence-electron chi connectivity index (χ0n) is 10.4. The molecule has 0 saturated carbocycles. The number of hydrogen-bond acceptors (Lipinski definition) is 2. The standard InChI is InChI=1S/C13H21BrN2/c1-4-5-15-10-13(2,3)7-11-6-12(14)9-16-8-11/h6,8-9,15H,4-5,7,10H2,1-3H3. The van der Waals surface area contributed by atoms with E-state index in [4.69, 9.17) is 0 Å². The van der Waals surface area contributed by atoms with Crippen molar-refractivity contribution in [2.75, 3.05) is 13.1 Å². The summed E-state index contributed by atoms with van der Waals surface area (Å²) >= 11 is 3.46. The molecule has 0 spiro atoms. The van der Waals surface area contributed by atoms with Crippen molar-refractivity contribution < 1.29 is 0 Å². The maximum atomic E-state index is 4.20. The van der Waals surface area contributed by atoms with E-state index >= 15 is 0 Å². The van der Waals surface area contributed by atoms with E-state index in [0.29, 0.717) is 0 Å². The topological polar surface area (TPSA) is 24.9 Å². The summed E-state index contributed by atoms with van der Waals surface area (Å²) < 4.78 is 1.06. The van der Waals surface area contributed by atoms with Gasteiger partial charge in [-0.2, -0.15) is 0 Å². The summed E-state index contributed by atoms with van der Waals surface area (Å²) in [5.74, 6) is 0. The zero-order valence-corrected chi connectivity index (χ0v) is 12.0. The predicted molar refractivity (Wildman–Crippen MR) is 72.6 cm³/mol. The van der Waals surface area contributed by atoms with Crippen LogP contribution in [-0.2, 0) is 6.42 Å². The number of nitrogens with zero attached hydrogens (tertiary/aromatic N) is 1. The highest BCUT2D eigenvalue weighted by atomic mass is 79.9. The lowest BCUT2D eigenvalue weighted by atomic mass is 9.86. The van der Waals surface area contributed by atoms with E-state index in [1.807, 2.05) is 12.4 Å². The molecule has 90 valence electrons. The molecule has 0 amide bonds. The maximum Gasteiger partial charge on any atom is 0.0410 e. The summed E-state index contributed by atoms with van der Waals surface area (Å²) in [4.78, 5) is 4.20. The smallest absolute Gasteiger partial charge is 0.0410 e. The molecule has 1 N–H and O–H groups in total. The van der Waals surface area contributed by atoms with Crippen LogP contribution in [0.15, 0.2) is 22.9 Å². The lowest BCUT2D eigenvalue weighted by Gasteiger charge is -2.25. The molecule has 3 heteroatoms. The lowest BCUT2D eigenvalue weighted by Crippen LogP contribution is -2.31. The van der Waals surface area contributed by atoms with Crippen LogP contribution in [0.25, 0.3) is 0 Å². The van der Waals surface area contributed by atoms with E-state index in [1.54, 1.807) is 0 Å². The Bertz CT molecular complexity index is 323. The minimum atomic E-state index is 0.275. The van der Waals surface area contributed by atoms with Gasteiger partial charge in [-0.25, -0.2) is 0 Å². The third kappa shape index (κ3) is 5.08. The Balaban J connectivity index is 2.51. The summed E-state index contributed by atoms with van der Waals surface area (Å²) in [5, 5.41) is 3.48. The summed E-state index contributed by atoms with van der Waals surface area (Å²) in [5.41, 5.74) is 1.56. The number of pyridine rings is 1. The molecule has 1 aromatic rings. The van der Waals surface area contributed by atoms with Gasteiger partial charge in [0.05, 0.1) is 0 Å². The molecule has 0 radical (unpaired) electrons. The average molecular weight is 285 g/mol. The molecule has 0 aromatic carbocycles. The van der Waals surface area contributed by atoms with E-state index in [1.165, 1.54) is 12.0 Å². The van der Waals surface area contributed by atoms with E-state index in [2.05, 4.69) is 53.1 Å². The van der Waals surface area contributed by atoms with Crippen LogP contribution in [-0.4, -0.2) is 18.1 Å². The fourth-order valence-corrected chi connectivity index (χ4v) is 2.18. The Morgan fingerprint density at radius 3 is 2.75 bits per heavy atom. The highest BCUT2D eigenvalue weighted by Crippen LogP contribution is 2.22. The zero-order chi connectivity index (χ0) is 12.0. The number of rotatable bonds is 6. The van der Waals surface area contributed by atoms with Crippen LogP contribution in [0.3, 0.4) is 0 Å². The van der Waals surface area contributed by atoms with Gasteiger partial charge in [-0.15, -0.1) is 0 Å². The molecule has 0 saturated heterocycles. The molecule has 0 bridgehead atoms. The molecule has 0 unspecified atom stereocenters. The van der Waals surface area contributed by atoms with Crippen LogP contribution in [0, 0.1) is 5.41 Å². The molecule has 1 heterocycles. The second-order valence-corrected chi connectivity index (χ2v) is 5.94. The van der Waals surface area contributed by atoms with Crippen LogP contribution >= 0.6 is 15.9 Å². The first kappa shape index (κ1) is 13.7. The molecule has 0 aliphatic carbocycles. The van der Waals surface area contributed by atoms with Crippen LogP contribution in [0.1, 0.15) is 32.8 Å². The van der Waals surface area contributed by atoms with Crippen molar-refractivity contribution in [1.82, 2.24) is 10.3 Å². The quantitative estimate of drug-likeness (QED) is 0.810. The van der Waals surface area contributed by atoms with Crippen molar-refractivity contribution in [1.29, 1.82) is 0 Å². The van der Waals surface area contributed by atoms with E-state index < -0.39 is 0 Å². The van der Waals surface area contributed by atoms with Crippen LogP contribution in [0.4, 0.5) is 0 Å². The summed E-state index contributed by atoms with van der Waals surface area (Å²) in [6.07, 6.45) is 6.02. The van der Waals surface area contributed by atoms with E-state index in [9.17, 15) is 0 Å². The Morgan fingerprint density at radius 1 is 1.38 bits per heavy atom. The minimum Gasteiger partial charge on any atom is -0.316 e. The highest BCUT2D eigenvalue weighted by molar-refractivity contribution is 9.10. The number of hydrogen-bond donors (Lipinski definition) is 1. The molecule has 1 rings (SSSR count). The van der Waals surface area contributed by atoms with Crippen molar-refractivity contribution in [3.05, 3.63) is 28.5 Å². The van der Waals surface area contributed by atoms with Gasteiger partial charge < -0.3 is 5.32 Å². The molecule has 0 atom stereocenters. The molecule has 1 aromatic heterocycles. The third-order valence-electron chi connectivity index (χ3n) is 2.47. The molecule has 0 fully saturated rings. The molecule has 0 aliphatic rings. The van der Waals surface area contributed by atoms with Crippen molar-refractivity contribution in [3.8, 4) is 0 Å². The first-order valence-corrected chi connectivity index (χ1v) is 6.63. The Labute approximate surface area is 107 Å². The number of nitrogens with one attached hydrogen (secondary N) is 1. The lowest BCUT2D eigenvalue weighted by molar-refractivity contribution is 0.338. The summed E-state index contributed by atoms with van der Waals surface area (Å²) in [7, 11) is 0. The SMILES string of the molecule is CCCNCC(C)(C)Cc1cncc(Br)c1. The molecule has 16 heavy (non-hydrogen) atoms. The highest BCUT2D eigenvalue weighted by Gasteiger charge is 2.18. The Hall–Kier alpha value is -0.410.